The van der Waals surface area contributed by atoms with Gasteiger partial charge in [-0.3, -0.25) is 9.69 Å². The summed E-state index contributed by atoms with van der Waals surface area (Å²) in [5, 5.41) is 16.1. The Morgan fingerprint density at radius 3 is 2.02 bits per heavy atom. The van der Waals surface area contributed by atoms with Crippen LogP contribution in [0.3, 0.4) is 0 Å². The predicted molar refractivity (Wildman–Crippen MR) is 141 cm³/mol. The molecule has 1 saturated heterocycles. The number of carboxylic acids is 2. The first kappa shape index (κ1) is 34.4. The van der Waals surface area contributed by atoms with Crippen molar-refractivity contribution in [2.75, 3.05) is 26.2 Å². The maximum atomic E-state index is 13.8. The summed E-state index contributed by atoms with van der Waals surface area (Å²) in [4.78, 5) is 44.0. The molecule has 18 heteroatoms. The van der Waals surface area contributed by atoms with E-state index >= 15 is 0 Å². The average Bonchev–Trinajstić information content (AvgIpc) is 3.64. The van der Waals surface area contributed by atoms with Crippen molar-refractivity contribution in [2.45, 2.75) is 44.2 Å². The van der Waals surface area contributed by atoms with E-state index in [1.54, 1.807) is 17.6 Å². The van der Waals surface area contributed by atoms with E-state index in [4.69, 9.17) is 24.8 Å². The van der Waals surface area contributed by atoms with Gasteiger partial charge in [0, 0.05) is 37.1 Å². The lowest BCUT2D eigenvalue weighted by Crippen LogP contribution is -2.58. The largest absolute Gasteiger partial charge is 0.490 e. The fraction of sp³-hybridized carbons (Fsp3) is 0.423. The Hall–Kier alpha value is -4.06. The van der Waals surface area contributed by atoms with Crippen molar-refractivity contribution < 1.29 is 55.3 Å². The highest BCUT2D eigenvalue weighted by Gasteiger charge is 2.47. The molecule has 0 atom stereocenters. The number of carboxylic acid groups (broad SMARTS) is 2. The number of rotatable bonds is 3. The third kappa shape index (κ3) is 7.90. The zero-order valence-corrected chi connectivity index (χ0v) is 23.7. The number of amides is 1. The number of likely N-dealkylation sites (tertiary alicyclic amines) is 1. The molecule has 2 aliphatic rings. The van der Waals surface area contributed by atoms with Crippen LogP contribution in [-0.4, -0.2) is 90.9 Å². The number of nitrogens with zero attached hydrogens (tertiary/aromatic N) is 5. The smallest absolute Gasteiger partial charge is 0.475 e. The molecule has 1 spiro atoms. The molecule has 3 aromatic rings. The van der Waals surface area contributed by atoms with E-state index in [2.05, 4.69) is 21.4 Å². The van der Waals surface area contributed by atoms with Crippen LogP contribution in [0, 0.1) is 5.82 Å². The summed E-state index contributed by atoms with van der Waals surface area (Å²) in [5.74, 6) is -4.71. The van der Waals surface area contributed by atoms with E-state index in [1.165, 1.54) is 17.4 Å². The van der Waals surface area contributed by atoms with Gasteiger partial charge < -0.3 is 19.7 Å². The lowest BCUT2D eigenvalue weighted by atomic mass is 9.83. The topological polar surface area (TPSA) is 129 Å². The summed E-state index contributed by atoms with van der Waals surface area (Å²) in [6, 6.07) is 6.70. The Balaban J connectivity index is 0.000000317. The molecule has 0 saturated carbocycles. The molecule has 0 bridgehead atoms. The molecular formula is C26H26F7N5O5S. The van der Waals surface area contributed by atoms with Crippen LogP contribution in [0.25, 0.3) is 11.3 Å². The minimum absolute atomic E-state index is 0.00810. The van der Waals surface area contributed by atoms with Crippen molar-refractivity contribution in [3.05, 3.63) is 58.7 Å². The van der Waals surface area contributed by atoms with Gasteiger partial charge in [0.2, 0.25) is 0 Å². The van der Waals surface area contributed by atoms with Gasteiger partial charge in [-0.25, -0.2) is 23.9 Å². The number of aliphatic carboxylic acids is 2. The second kappa shape index (κ2) is 13.7. The van der Waals surface area contributed by atoms with Crippen LogP contribution in [0.4, 0.5) is 30.7 Å². The van der Waals surface area contributed by atoms with Gasteiger partial charge in [-0.15, -0.1) is 11.3 Å². The number of alkyl halides is 6. The van der Waals surface area contributed by atoms with Gasteiger partial charge >= 0.3 is 24.3 Å². The van der Waals surface area contributed by atoms with Crippen LogP contribution in [0.1, 0.15) is 36.1 Å². The normalized spacial score (nSPS) is 16.2. The Morgan fingerprint density at radius 2 is 1.55 bits per heavy atom. The molecule has 4 heterocycles. The van der Waals surface area contributed by atoms with Gasteiger partial charge in [-0.1, -0.05) is 19.1 Å². The SMILES string of the molecule is CCN1CCn2c(-c3cccc(F)c3)cnc2C12CCN(C(=O)c1cscn1)CC2.O=C(O)C(F)(F)F.O=C(O)C(F)(F)F. The summed E-state index contributed by atoms with van der Waals surface area (Å²) in [6.07, 6.45) is -6.63. The Labute approximate surface area is 249 Å². The fourth-order valence-corrected chi connectivity index (χ4v) is 5.51. The molecule has 1 amide bonds. The lowest BCUT2D eigenvalue weighted by molar-refractivity contribution is -0.193. The Morgan fingerprint density at radius 1 is 0.955 bits per heavy atom. The van der Waals surface area contributed by atoms with Crippen molar-refractivity contribution in [2.24, 2.45) is 0 Å². The van der Waals surface area contributed by atoms with E-state index in [1.807, 2.05) is 22.5 Å². The van der Waals surface area contributed by atoms with E-state index < -0.39 is 24.3 Å². The van der Waals surface area contributed by atoms with Gasteiger partial charge in [0.15, 0.2) is 0 Å². The van der Waals surface area contributed by atoms with Crippen LogP contribution in [0.15, 0.2) is 41.4 Å². The molecule has 0 unspecified atom stereocenters. The zero-order valence-electron chi connectivity index (χ0n) is 22.9. The van der Waals surface area contributed by atoms with Gasteiger partial charge in [-0.05, 0) is 31.5 Å². The number of hydrogen-bond acceptors (Lipinski definition) is 7. The number of thiazole rings is 1. The number of piperidine rings is 1. The number of carbonyl (C=O) groups excluding carboxylic acids is 1. The van der Waals surface area contributed by atoms with Crippen LogP contribution in [0.2, 0.25) is 0 Å². The second-order valence-electron chi connectivity index (χ2n) is 9.51. The van der Waals surface area contributed by atoms with Gasteiger partial charge in [0.1, 0.15) is 17.3 Å². The summed E-state index contributed by atoms with van der Waals surface area (Å²) in [7, 11) is 0. The number of aromatic nitrogens is 3. The predicted octanol–water partition coefficient (Wildman–Crippen LogP) is 4.88. The highest BCUT2D eigenvalue weighted by atomic mass is 32.1. The number of likely N-dealkylation sites (N-methyl/N-ethyl adjacent to an activating group) is 1. The molecule has 1 aromatic carbocycles. The molecule has 2 N–H and O–H groups in total. The highest BCUT2D eigenvalue weighted by molar-refractivity contribution is 7.07. The first-order valence-electron chi connectivity index (χ1n) is 12.9. The minimum atomic E-state index is -5.08. The summed E-state index contributed by atoms with van der Waals surface area (Å²) >= 11 is 1.44. The third-order valence-corrected chi connectivity index (χ3v) is 7.57. The maximum absolute atomic E-state index is 13.8. The summed E-state index contributed by atoms with van der Waals surface area (Å²) in [5.41, 5.74) is 3.84. The van der Waals surface area contributed by atoms with Crippen molar-refractivity contribution in [3.63, 3.8) is 0 Å². The molecule has 5 rings (SSSR count). The maximum Gasteiger partial charge on any atom is 0.490 e. The molecule has 1 fully saturated rings. The first-order valence-corrected chi connectivity index (χ1v) is 13.8. The number of imidazole rings is 1. The van der Waals surface area contributed by atoms with E-state index in [9.17, 15) is 35.5 Å². The second-order valence-corrected chi connectivity index (χ2v) is 10.2. The van der Waals surface area contributed by atoms with Crippen LogP contribution >= 0.6 is 11.3 Å². The Kier molecular flexibility index (Phi) is 10.7. The molecule has 2 aromatic heterocycles. The van der Waals surface area contributed by atoms with Crippen molar-refractivity contribution in [1.29, 1.82) is 0 Å². The molecular weight excluding hydrogens is 627 g/mol. The van der Waals surface area contributed by atoms with Gasteiger partial charge in [0.05, 0.1) is 22.9 Å². The molecule has 0 radical (unpaired) electrons. The number of benzene rings is 1. The monoisotopic (exact) mass is 653 g/mol. The lowest BCUT2D eigenvalue weighted by Gasteiger charge is -2.50. The molecule has 0 aliphatic carbocycles. The quantitative estimate of drug-likeness (QED) is 0.383. The molecule has 10 nitrogen and oxygen atoms in total. The molecule has 240 valence electrons. The number of halogens is 7. The van der Waals surface area contributed by atoms with Crippen molar-refractivity contribution in [1.82, 2.24) is 24.3 Å². The van der Waals surface area contributed by atoms with E-state index in [0.717, 1.165) is 49.6 Å². The molecule has 2 aliphatic heterocycles. The van der Waals surface area contributed by atoms with Crippen LogP contribution in [0.5, 0.6) is 0 Å². The number of fused-ring (bicyclic) bond motifs is 2. The number of hydrogen-bond donors (Lipinski definition) is 2. The summed E-state index contributed by atoms with van der Waals surface area (Å²) in [6.45, 7) is 6.22. The minimum Gasteiger partial charge on any atom is -0.475 e. The van der Waals surface area contributed by atoms with Gasteiger partial charge in [0.25, 0.3) is 5.91 Å². The zero-order chi connectivity index (χ0) is 32.9. The van der Waals surface area contributed by atoms with Crippen LogP contribution < -0.4 is 0 Å². The van der Waals surface area contributed by atoms with Gasteiger partial charge in [-0.2, -0.15) is 26.3 Å². The van der Waals surface area contributed by atoms with E-state index in [-0.39, 0.29) is 17.3 Å². The van der Waals surface area contributed by atoms with Crippen LogP contribution in [-0.2, 0) is 21.7 Å². The Bertz CT molecular complexity index is 1430. The third-order valence-electron chi connectivity index (χ3n) is 6.99. The average molecular weight is 654 g/mol. The molecule has 44 heavy (non-hydrogen) atoms. The number of carbonyl (C=O) groups is 3. The van der Waals surface area contributed by atoms with Crippen molar-refractivity contribution >= 4 is 29.2 Å². The first-order chi connectivity index (χ1) is 20.5. The summed E-state index contributed by atoms with van der Waals surface area (Å²) < 4.78 is 79.5. The fourth-order valence-electron chi connectivity index (χ4n) is 4.99. The van der Waals surface area contributed by atoms with E-state index in [0.29, 0.717) is 18.8 Å². The standard InChI is InChI=1S/C22H24FN5OS.2C2HF3O2/c1-2-27-10-11-28-19(16-4-3-5-17(23)12-16)13-24-21(28)22(27)6-8-26(9-7-22)20(29)18-14-30-15-25-18;2*3-2(4,5)1(6)7/h3-5,12-15H,2,6-11H2,1H3;2*(H,6,7). The van der Waals surface area contributed by atoms with Crippen molar-refractivity contribution in [3.8, 4) is 11.3 Å². The highest BCUT2D eigenvalue weighted by Crippen LogP contribution is 2.42.